The standard InChI is InChI=1S/C9H9N3O/c1-5(13)8-3-7(11)2-6(4-10)9(8)12/h2-3H,11-12H2,1H3. The van der Waals surface area contributed by atoms with Gasteiger partial charge in [-0.3, -0.25) is 4.79 Å². The van der Waals surface area contributed by atoms with E-state index in [1.807, 2.05) is 6.07 Å². The number of benzene rings is 1. The zero-order chi connectivity index (χ0) is 10.0. The van der Waals surface area contributed by atoms with Gasteiger partial charge in [0.05, 0.1) is 11.3 Å². The van der Waals surface area contributed by atoms with Crippen molar-refractivity contribution in [2.45, 2.75) is 6.92 Å². The van der Waals surface area contributed by atoms with E-state index in [0.29, 0.717) is 11.3 Å². The van der Waals surface area contributed by atoms with Crippen LogP contribution in [-0.2, 0) is 0 Å². The van der Waals surface area contributed by atoms with Crippen LogP contribution >= 0.6 is 0 Å². The molecular formula is C9H9N3O. The fourth-order valence-electron chi connectivity index (χ4n) is 1.06. The molecule has 0 aliphatic carbocycles. The van der Waals surface area contributed by atoms with Gasteiger partial charge in [0.2, 0.25) is 0 Å². The van der Waals surface area contributed by atoms with Gasteiger partial charge < -0.3 is 11.5 Å². The van der Waals surface area contributed by atoms with Gasteiger partial charge in [-0.25, -0.2) is 0 Å². The first-order valence-corrected chi connectivity index (χ1v) is 3.66. The molecule has 4 heteroatoms. The number of nitrogens with zero attached hydrogens (tertiary/aromatic N) is 1. The predicted molar refractivity (Wildman–Crippen MR) is 50.0 cm³/mol. The summed E-state index contributed by atoms with van der Waals surface area (Å²) in [5.41, 5.74) is 12.2. The number of rotatable bonds is 1. The predicted octanol–water partition coefficient (Wildman–Crippen LogP) is 0.925. The molecule has 1 rings (SSSR count). The number of ketones is 1. The number of Topliss-reactive ketones (excluding diaryl/α,β-unsaturated/α-hetero) is 1. The highest BCUT2D eigenvalue weighted by atomic mass is 16.1. The normalized spacial score (nSPS) is 9.23. The van der Waals surface area contributed by atoms with Gasteiger partial charge in [0.15, 0.2) is 5.78 Å². The van der Waals surface area contributed by atoms with Crippen LogP contribution in [0.3, 0.4) is 0 Å². The lowest BCUT2D eigenvalue weighted by molar-refractivity contribution is 0.101. The van der Waals surface area contributed by atoms with E-state index in [0.717, 1.165) is 0 Å². The summed E-state index contributed by atoms with van der Waals surface area (Å²) in [4.78, 5) is 11.0. The Labute approximate surface area is 75.8 Å². The molecule has 0 aliphatic rings. The van der Waals surface area contributed by atoms with Crippen molar-refractivity contribution in [1.29, 1.82) is 5.26 Å². The molecule has 0 spiro atoms. The highest BCUT2D eigenvalue weighted by Gasteiger charge is 2.09. The first kappa shape index (κ1) is 9.07. The summed E-state index contributed by atoms with van der Waals surface area (Å²) in [6, 6.07) is 4.79. The van der Waals surface area contributed by atoms with Gasteiger partial charge in [0.25, 0.3) is 0 Å². The summed E-state index contributed by atoms with van der Waals surface area (Å²) in [6.07, 6.45) is 0. The Morgan fingerprint density at radius 1 is 1.46 bits per heavy atom. The molecule has 1 aromatic carbocycles. The highest BCUT2D eigenvalue weighted by Crippen LogP contribution is 2.21. The number of hydrogen-bond acceptors (Lipinski definition) is 4. The van der Waals surface area contributed by atoms with Gasteiger partial charge in [0.1, 0.15) is 6.07 Å². The second kappa shape index (κ2) is 3.15. The number of nitrogen functional groups attached to an aromatic ring is 2. The smallest absolute Gasteiger partial charge is 0.161 e. The number of nitriles is 1. The second-order valence-electron chi connectivity index (χ2n) is 2.70. The first-order valence-electron chi connectivity index (χ1n) is 3.66. The van der Waals surface area contributed by atoms with Crippen LogP contribution in [0.4, 0.5) is 11.4 Å². The Bertz CT molecular complexity index is 404. The molecule has 0 heterocycles. The molecular weight excluding hydrogens is 166 g/mol. The molecule has 0 aromatic heterocycles. The third kappa shape index (κ3) is 1.59. The molecule has 0 fully saturated rings. The summed E-state index contributed by atoms with van der Waals surface area (Å²) in [5, 5.41) is 8.65. The SMILES string of the molecule is CC(=O)c1cc(N)cc(C#N)c1N. The van der Waals surface area contributed by atoms with E-state index in [9.17, 15) is 4.79 Å². The molecule has 66 valence electrons. The van der Waals surface area contributed by atoms with Crippen LogP contribution in [0.15, 0.2) is 12.1 Å². The fraction of sp³-hybridized carbons (Fsp3) is 0.111. The Kier molecular flexibility index (Phi) is 2.20. The van der Waals surface area contributed by atoms with E-state index in [1.54, 1.807) is 0 Å². The van der Waals surface area contributed by atoms with Crippen molar-refractivity contribution in [3.05, 3.63) is 23.3 Å². The summed E-state index contributed by atoms with van der Waals surface area (Å²) < 4.78 is 0. The molecule has 0 bridgehead atoms. The summed E-state index contributed by atoms with van der Waals surface area (Å²) in [5.74, 6) is -0.193. The molecule has 0 aliphatic heterocycles. The van der Waals surface area contributed by atoms with Gasteiger partial charge in [-0.2, -0.15) is 5.26 Å². The van der Waals surface area contributed by atoms with Crippen molar-refractivity contribution >= 4 is 17.2 Å². The van der Waals surface area contributed by atoms with Crippen molar-refractivity contribution in [3.8, 4) is 6.07 Å². The molecule has 13 heavy (non-hydrogen) atoms. The minimum absolute atomic E-state index is 0.193. The third-order valence-electron chi connectivity index (χ3n) is 1.70. The summed E-state index contributed by atoms with van der Waals surface area (Å²) >= 11 is 0. The van der Waals surface area contributed by atoms with Crippen LogP contribution < -0.4 is 11.5 Å². The maximum absolute atomic E-state index is 11.0. The minimum Gasteiger partial charge on any atom is -0.399 e. The zero-order valence-corrected chi connectivity index (χ0v) is 7.16. The molecule has 4 N–H and O–H groups in total. The lowest BCUT2D eigenvalue weighted by Gasteiger charge is -2.04. The van der Waals surface area contributed by atoms with Gasteiger partial charge >= 0.3 is 0 Å². The largest absolute Gasteiger partial charge is 0.399 e. The van der Waals surface area contributed by atoms with Crippen LogP contribution in [0, 0.1) is 11.3 Å². The van der Waals surface area contributed by atoms with E-state index < -0.39 is 0 Å². The Hall–Kier alpha value is -2.02. The van der Waals surface area contributed by atoms with Crippen LogP contribution in [0.25, 0.3) is 0 Å². The molecule has 0 saturated carbocycles. The average Bonchev–Trinajstić information content (AvgIpc) is 2.08. The van der Waals surface area contributed by atoms with Crippen molar-refractivity contribution in [1.82, 2.24) is 0 Å². The topological polar surface area (TPSA) is 92.9 Å². The Morgan fingerprint density at radius 3 is 2.54 bits per heavy atom. The van der Waals surface area contributed by atoms with Gasteiger partial charge in [-0.05, 0) is 19.1 Å². The minimum atomic E-state index is -0.193. The van der Waals surface area contributed by atoms with Crippen molar-refractivity contribution < 1.29 is 4.79 Å². The number of hydrogen-bond donors (Lipinski definition) is 2. The third-order valence-corrected chi connectivity index (χ3v) is 1.70. The van der Waals surface area contributed by atoms with Gasteiger partial charge in [0, 0.05) is 11.3 Å². The number of carbonyl (C=O) groups is 1. The first-order chi connectivity index (χ1) is 6.06. The summed E-state index contributed by atoms with van der Waals surface area (Å²) in [7, 11) is 0. The average molecular weight is 175 g/mol. The quantitative estimate of drug-likeness (QED) is 0.490. The Balaban J connectivity index is 3.47. The van der Waals surface area contributed by atoms with Crippen LogP contribution in [0.2, 0.25) is 0 Å². The van der Waals surface area contributed by atoms with Crippen molar-refractivity contribution in [2.24, 2.45) is 0 Å². The second-order valence-corrected chi connectivity index (χ2v) is 2.70. The van der Waals surface area contributed by atoms with Crippen molar-refractivity contribution in [3.63, 3.8) is 0 Å². The van der Waals surface area contributed by atoms with E-state index in [1.165, 1.54) is 19.1 Å². The van der Waals surface area contributed by atoms with Crippen molar-refractivity contribution in [2.75, 3.05) is 11.5 Å². The molecule has 0 saturated heterocycles. The molecule has 0 radical (unpaired) electrons. The molecule has 0 unspecified atom stereocenters. The van der Waals surface area contributed by atoms with Gasteiger partial charge in [-0.1, -0.05) is 0 Å². The molecule has 4 nitrogen and oxygen atoms in total. The maximum atomic E-state index is 11.0. The fourth-order valence-corrected chi connectivity index (χ4v) is 1.06. The number of nitrogens with two attached hydrogens (primary N) is 2. The highest BCUT2D eigenvalue weighted by molar-refractivity contribution is 6.01. The summed E-state index contributed by atoms with van der Waals surface area (Å²) in [6.45, 7) is 1.38. The van der Waals surface area contributed by atoms with Crippen LogP contribution in [0.1, 0.15) is 22.8 Å². The van der Waals surface area contributed by atoms with Crippen LogP contribution in [0.5, 0.6) is 0 Å². The molecule has 0 amide bonds. The van der Waals surface area contributed by atoms with E-state index in [4.69, 9.17) is 16.7 Å². The molecule has 1 aromatic rings. The monoisotopic (exact) mass is 175 g/mol. The van der Waals surface area contributed by atoms with E-state index in [2.05, 4.69) is 0 Å². The zero-order valence-electron chi connectivity index (χ0n) is 7.16. The lowest BCUT2D eigenvalue weighted by atomic mass is 10.0. The number of anilines is 2. The van der Waals surface area contributed by atoms with Gasteiger partial charge in [-0.15, -0.1) is 0 Å². The number of carbonyl (C=O) groups excluding carboxylic acids is 1. The molecule has 0 atom stereocenters. The van der Waals surface area contributed by atoms with E-state index in [-0.39, 0.29) is 17.0 Å². The maximum Gasteiger partial charge on any atom is 0.161 e. The van der Waals surface area contributed by atoms with E-state index >= 15 is 0 Å². The van der Waals surface area contributed by atoms with Crippen LogP contribution in [-0.4, -0.2) is 5.78 Å². The Morgan fingerprint density at radius 2 is 2.08 bits per heavy atom. The lowest BCUT2D eigenvalue weighted by Crippen LogP contribution is -2.03.